The van der Waals surface area contributed by atoms with Gasteiger partial charge in [-0.25, -0.2) is 0 Å². The second-order valence-electron chi connectivity index (χ2n) is 4.72. The van der Waals surface area contributed by atoms with Crippen molar-refractivity contribution in [3.05, 3.63) is 29.3 Å². The number of aryl methyl sites for hydroxylation is 1. The molecule has 1 aromatic carbocycles. The minimum Gasteiger partial charge on any atom is -0.496 e. The first kappa shape index (κ1) is 14.3. The molecule has 0 bridgehead atoms. The van der Waals surface area contributed by atoms with E-state index < -0.39 is 0 Å². The number of alkyl halides is 1. The van der Waals surface area contributed by atoms with E-state index in [1.54, 1.807) is 7.11 Å². The molecule has 0 radical (unpaired) electrons. The van der Waals surface area contributed by atoms with Gasteiger partial charge in [0.1, 0.15) is 5.75 Å². The minimum absolute atomic E-state index is 0.0175. The van der Waals surface area contributed by atoms with E-state index in [-0.39, 0.29) is 5.54 Å². The van der Waals surface area contributed by atoms with Gasteiger partial charge in [0.15, 0.2) is 0 Å². The third-order valence-corrected chi connectivity index (χ3v) is 3.81. The first-order chi connectivity index (χ1) is 8.04. The lowest BCUT2D eigenvalue weighted by Crippen LogP contribution is -2.43. The second kappa shape index (κ2) is 6.27. The second-order valence-corrected chi connectivity index (χ2v) is 4.98. The van der Waals surface area contributed by atoms with Gasteiger partial charge in [0.2, 0.25) is 0 Å². The van der Waals surface area contributed by atoms with Gasteiger partial charge < -0.3 is 10.1 Å². The van der Waals surface area contributed by atoms with Crippen molar-refractivity contribution >= 4 is 11.6 Å². The average molecular weight is 256 g/mol. The van der Waals surface area contributed by atoms with Gasteiger partial charge in [0, 0.05) is 23.5 Å². The van der Waals surface area contributed by atoms with E-state index in [9.17, 15) is 0 Å². The Balaban J connectivity index is 2.77. The number of halogens is 1. The summed E-state index contributed by atoms with van der Waals surface area (Å²) in [5.74, 6) is 1.54. The number of ether oxygens (including phenoxy) is 1. The lowest BCUT2D eigenvalue weighted by molar-refractivity contribution is 0.368. The summed E-state index contributed by atoms with van der Waals surface area (Å²) in [4.78, 5) is 0. The highest BCUT2D eigenvalue weighted by Crippen LogP contribution is 2.21. The molecular weight excluding hydrogens is 234 g/mol. The SMILES string of the molecule is CCC(C)(CCl)NCc1cc(C)ccc1OC. The lowest BCUT2D eigenvalue weighted by atomic mass is 10.0. The first-order valence-electron chi connectivity index (χ1n) is 5.99. The number of hydrogen-bond donors (Lipinski definition) is 1. The molecule has 0 fully saturated rings. The summed E-state index contributed by atoms with van der Waals surface area (Å²) < 4.78 is 5.36. The molecule has 0 heterocycles. The standard InChI is InChI=1S/C14H22ClNO/c1-5-14(3,10-15)16-9-12-8-11(2)6-7-13(12)17-4/h6-8,16H,5,9-10H2,1-4H3. The Bertz CT molecular complexity index is 361. The van der Waals surface area contributed by atoms with Crippen LogP contribution < -0.4 is 10.1 Å². The van der Waals surface area contributed by atoms with Crippen molar-refractivity contribution in [3.63, 3.8) is 0 Å². The van der Waals surface area contributed by atoms with Gasteiger partial charge in [-0.15, -0.1) is 11.6 Å². The summed E-state index contributed by atoms with van der Waals surface area (Å²) in [7, 11) is 1.70. The van der Waals surface area contributed by atoms with E-state index in [0.717, 1.165) is 18.7 Å². The minimum atomic E-state index is -0.0175. The molecule has 96 valence electrons. The van der Waals surface area contributed by atoms with Crippen LogP contribution in [0.1, 0.15) is 31.4 Å². The van der Waals surface area contributed by atoms with Crippen LogP contribution in [0, 0.1) is 6.92 Å². The predicted molar refractivity (Wildman–Crippen MR) is 74.0 cm³/mol. The third kappa shape index (κ3) is 3.90. The fourth-order valence-electron chi connectivity index (χ4n) is 1.62. The van der Waals surface area contributed by atoms with Crippen LogP contribution in [0.15, 0.2) is 18.2 Å². The van der Waals surface area contributed by atoms with Crippen molar-refractivity contribution < 1.29 is 4.74 Å². The topological polar surface area (TPSA) is 21.3 Å². The average Bonchev–Trinajstić information content (AvgIpc) is 2.36. The van der Waals surface area contributed by atoms with Crippen molar-refractivity contribution in [2.75, 3.05) is 13.0 Å². The molecule has 3 heteroatoms. The normalized spacial score (nSPS) is 14.4. The largest absolute Gasteiger partial charge is 0.496 e. The highest BCUT2D eigenvalue weighted by molar-refractivity contribution is 6.18. The molecule has 17 heavy (non-hydrogen) atoms. The Morgan fingerprint density at radius 1 is 1.41 bits per heavy atom. The molecule has 1 rings (SSSR count). The zero-order valence-corrected chi connectivity index (χ0v) is 11.9. The molecule has 0 spiro atoms. The summed E-state index contributed by atoms with van der Waals surface area (Å²) in [5, 5.41) is 3.50. The quantitative estimate of drug-likeness (QED) is 0.786. The molecule has 1 atom stereocenters. The molecule has 0 saturated heterocycles. The fraction of sp³-hybridized carbons (Fsp3) is 0.571. The summed E-state index contributed by atoms with van der Waals surface area (Å²) >= 11 is 5.99. The van der Waals surface area contributed by atoms with Gasteiger partial charge in [-0.05, 0) is 26.3 Å². The molecule has 0 saturated carbocycles. The van der Waals surface area contributed by atoms with Crippen LogP contribution in [-0.4, -0.2) is 18.5 Å². The molecule has 0 aromatic heterocycles. The van der Waals surface area contributed by atoms with Gasteiger partial charge in [-0.3, -0.25) is 0 Å². The maximum atomic E-state index is 5.99. The van der Waals surface area contributed by atoms with Gasteiger partial charge in [-0.1, -0.05) is 24.6 Å². The molecule has 0 aliphatic heterocycles. The van der Waals surface area contributed by atoms with Crippen molar-refractivity contribution in [3.8, 4) is 5.75 Å². The van der Waals surface area contributed by atoms with Gasteiger partial charge in [0.05, 0.1) is 7.11 Å². The van der Waals surface area contributed by atoms with Crippen LogP contribution in [-0.2, 0) is 6.54 Å². The van der Waals surface area contributed by atoms with Gasteiger partial charge >= 0.3 is 0 Å². The van der Waals surface area contributed by atoms with Crippen molar-refractivity contribution in [2.24, 2.45) is 0 Å². The van der Waals surface area contributed by atoms with E-state index in [1.807, 2.05) is 6.07 Å². The zero-order chi connectivity index (χ0) is 12.9. The van der Waals surface area contributed by atoms with Crippen LogP contribution in [0.3, 0.4) is 0 Å². The van der Waals surface area contributed by atoms with Crippen LogP contribution in [0.4, 0.5) is 0 Å². The van der Waals surface area contributed by atoms with E-state index >= 15 is 0 Å². The number of methoxy groups -OCH3 is 1. The summed E-state index contributed by atoms with van der Waals surface area (Å²) in [6.45, 7) is 7.15. The molecule has 0 aliphatic carbocycles. The third-order valence-electron chi connectivity index (χ3n) is 3.22. The fourth-order valence-corrected chi connectivity index (χ4v) is 1.90. The molecule has 0 aliphatic rings. The number of benzene rings is 1. The van der Waals surface area contributed by atoms with Crippen LogP contribution in [0.25, 0.3) is 0 Å². The Labute approximate surface area is 109 Å². The highest BCUT2D eigenvalue weighted by Gasteiger charge is 2.20. The number of hydrogen-bond acceptors (Lipinski definition) is 2. The van der Waals surface area contributed by atoms with E-state index in [4.69, 9.17) is 16.3 Å². The Kier molecular flexibility index (Phi) is 5.29. The molecular formula is C14H22ClNO. The predicted octanol–water partition coefficient (Wildman–Crippen LogP) is 3.50. The smallest absolute Gasteiger partial charge is 0.123 e. The van der Waals surface area contributed by atoms with Crippen molar-refractivity contribution in [2.45, 2.75) is 39.3 Å². The van der Waals surface area contributed by atoms with E-state index in [1.165, 1.54) is 11.1 Å². The Morgan fingerprint density at radius 2 is 2.12 bits per heavy atom. The van der Waals surface area contributed by atoms with Crippen LogP contribution in [0.2, 0.25) is 0 Å². The molecule has 2 nitrogen and oxygen atoms in total. The first-order valence-corrected chi connectivity index (χ1v) is 6.52. The molecule has 1 unspecified atom stereocenters. The maximum absolute atomic E-state index is 5.99. The van der Waals surface area contributed by atoms with Gasteiger partial charge in [0.25, 0.3) is 0 Å². The maximum Gasteiger partial charge on any atom is 0.123 e. The molecule has 1 N–H and O–H groups in total. The van der Waals surface area contributed by atoms with Gasteiger partial charge in [-0.2, -0.15) is 0 Å². The molecule has 0 amide bonds. The zero-order valence-electron chi connectivity index (χ0n) is 11.1. The highest BCUT2D eigenvalue weighted by atomic mass is 35.5. The summed E-state index contributed by atoms with van der Waals surface area (Å²) in [6, 6.07) is 6.22. The Morgan fingerprint density at radius 3 is 2.65 bits per heavy atom. The van der Waals surface area contributed by atoms with Crippen molar-refractivity contribution in [1.82, 2.24) is 5.32 Å². The van der Waals surface area contributed by atoms with E-state index in [2.05, 4.69) is 38.2 Å². The van der Waals surface area contributed by atoms with Crippen molar-refractivity contribution in [1.29, 1.82) is 0 Å². The number of nitrogens with one attached hydrogen (secondary N) is 1. The molecule has 1 aromatic rings. The Hall–Kier alpha value is -0.730. The monoisotopic (exact) mass is 255 g/mol. The summed E-state index contributed by atoms with van der Waals surface area (Å²) in [5.41, 5.74) is 2.40. The van der Waals surface area contributed by atoms with Crippen LogP contribution in [0.5, 0.6) is 5.75 Å². The lowest BCUT2D eigenvalue weighted by Gasteiger charge is -2.27. The summed E-state index contributed by atoms with van der Waals surface area (Å²) in [6.07, 6.45) is 1.00. The van der Waals surface area contributed by atoms with Crippen LogP contribution >= 0.6 is 11.6 Å². The number of rotatable bonds is 6. The van der Waals surface area contributed by atoms with E-state index in [0.29, 0.717) is 5.88 Å².